The minimum absolute atomic E-state index is 0.122. The van der Waals surface area contributed by atoms with Gasteiger partial charge in [-0.3, -0.25) is 9.59 Å². The molecule has 19 heteroatoms. The Morgan fingerprint density at radius 1 is 0.724 bits per heavy atom. The van der Waals surface area contributed by atoms with Crippen molar-refractivity contribution in [1.82, 2.24) is 9.80 Å². The number of alkyl halides is 6. The average molecular weight is 914 g/mol. The molecule has 306 valence electrons. The molecule has 3 heterocycles. The highest BCUT2D eigenvalue weighted by Gasteiger charge is 2.72. The van der Waals surface area contributed by atoms with Crippen molar-refractivity contribution in [2.24, 2.45) is 0 Å². The van der Waals surface area contributed by atoms with Crippen molar-refractivity contribution < 1.29 is 64.4 Å². The molecule has 3 atom stereocenters. The van der Waals surface area contributed by atoms with Crippen LogP contribution in [0, 0.1) is 0 Å². The fraction of sp³-hybridized carbons (Fsp3) is 0.282. The van der Waals surface area contributed by atoms with E-state index in [2.05, 4.69) is 25.4 Å². The Bertz CT molecular complexity index is 2210. The first-order valence-corrected chi connectivity index (χ1v) is 19.9. The van der Waals surface area contributed by atoms with Crippen molar-refractivity contribution in [3.8, 4) is 23.0 Å². The summed E-state index contributed by atoms with van der Waals surface area (Å²) in [6.45, 7) is -0.379. The number of thioether (sulfide) groups is 2. The Labute approximate surface area is 344 Å². The maximum Gasteiger partial charge on any atom is 0.573 e. The van der Waals surface area contributed by atoms with Gasteiger partial charge in [0.1, 0.15) is 29.3 Å². The minimum atomic E-state index is -4.93. The predicted octanol–water partition coefficient (Wildman–Crippen LogP) is 9.25. The number of hydrogen-bond donors (Lipinski definition) is 0. The van der Waals surface area contributed by atoms with Crippen molar-refractivity contribution >= 4 is 51.3 Å². The second kappa shape index (κ2) is 16.1. The molecule has 0 saturated carbocycles. The molecular weight excluding hydrogens is 882 g/mol. The fourth-order valence-corrected chi connectivity index (χ4v) is 10.8. The summed E-state index contributed by atoms with van der Waals surface area (Å²) in [4.78, 5) is 28.5. The molecule has 3 unspecified atom stereocenters. The van der Waals surface area contributed by atoms with Crippen LogP contribution in [-0.4, -0.2) is 64.9 Å². The van der Waals surface area contributed by atoms with Gasteiger partial charge in [-0.25, -0.2) is 0 Å². The molecule has 0 radical (unpaired) electrons. The van der Waals surface area contributed by atoms with Crippen LogP contribution in [-0.2, 0) is 37.0 Å². The molecule has 2 saturated heterocycles. The van der Waals surface area contributed by atoms with Crippen LogP contribution in [0.2, 0.25) is 0 Å². The third kappa shape index (κ3) is 8.07. The van der Waals surface area contributed by atoms with Gasteiger partial charge >= 0.3 is 12.7 Å². The van der Waals surface area contributed by atoms with Crippen LogP contribution < -0.4 is 18.9 Å². The first kappa shape index (κ1) is 41.3. The maximum atomic E-state index is 14.5. The number of nitrogens with zero attached hydrogens (tertiary/aromatic N) is 2. The van der Waals surface area contributed by atoms with Crippen LogP contribution in [0.3, 0.4) is 0 Å². The number of carbonyl (C=O) groups is 2. The molecule has 58 heavy (non-hydrogen) atoms. The van der Waals surface area contributed by atoms with E-state index in [1.807, 2.05) is 6.07 Å². The molecule has 0 N–H and O–H groups in total. The van der Waals surface area contributed by atoms with Gasteiger partial charge in [0, 0.05) is 28.7 Å². The van der Waals surface area contributed by atoms with E-state index < -0.39 is 52.1 Å². The summed E-state index contributed by atoms with van der Waals surface area (Å²) >= 11 is 5.79. The van der Waals surface area contributed by atoms with E-state index in [0.29, 0.717) is 28.0 Å². The second-order valence-corrected chi connectivity index (χ2v) is 16.1. The first-order valence-electron chi connectivity index (χ1n) is 17.1. The smallest absolute Gasteiger partial charge is 0.497 e. The lowest BCUT2D eigenvalue weighted by Crippen LogP contribution is -2.64. The van der Waals surface area contributed by atoms with Gasteiger partial charge in [0.25, 0.3) is 6.29 Å². The summed E-state index contributed by atoms with van der Waals surface area (Å²) < 4.78 is 112. The van der Waals surface area contributed by atoms with E-state index in [-0.39, 0.29) is 36.1 Å². The third-order valence-electron chi connectivity index (χ3n) is 9.39. The number of ether oxygens (including phenoxy) is 6. The summed E-state index contributed by atoms with van der Waals surface area (Å²) in [6, 6.07) is 22.2. The molecule has 0 spiro atoms. The van der Waals surface area contributed by atoms with Gasteiger partial charge in [-0.05, 0) is 65.7 Å². The molecule has 3 aliphatic rings. The average Bonchev–Trinajstić information content (AvgIpc) is 3.89. The lowest BCUT2D eigenvalue weighted by molar-refractivity contribution is -0.275. The quantitative estimate of drug-likeness (QED) is 0.128. The second-order valence-electron chi connectivity index (χ2n) is 12.9. The van der Waals surface area contributed by atoms with Gasteiger partial charge in [0.05, 0.1) is 25.7 Å². The first-order chi connectivity index (χ1) is 27.5. The van der Waals surface area contributed by atoms with E-state index in [0.717, 1.165) is 40.5 Å². The molecule has 10 nitrogen and oxygen atoms in total. The molecule has 0 aromatic heterocycles. The molecule has 4 aromatic carbocycles. The zero-order valence-corrected chi connectivity index (χ0v) is 33.5. The van der Waals surface area contributed by atoms with Crippen molar-refractivity contribution in [2.45, 2.75) is 41.8 Å². The Morgan fingerprint density at radius 2 is 1.26 bits per heavy atom. The van der Waals surface area contributed by atoms with Crippen LogP contribution in [0.25, 0.3) is 0 Å². The number of benzene rings is 4. The normalized spacial score (nSPS) is 22.1. The summed E-state index contributed by atoms with van der Waals surface area (Å²) in [5, 5.41) is 0. The number of hydrogen-bond acceptors (Lipinski definition) is 10. The van der Waals surface area contributed by atoms with Crippen molar-refractivity contribution in [1.29, 1.82) is 0 Å². The highest BCUT2D eigenvalue weighted by Crippen LogP contribution is 2.67. The van der Waals surface area contributed by atoms with Crippen LogP contribution in [0.5, 0.6) is 23.0 Å². The van der Waals surface area contributed by atoms with E-state index in [9.17, 15) is 35.9 Å². The topological polar surface area (TPSA) is 96.0 Å². The molecule has 2 amide bonds. The predicted molar refractivity (Wildman–Crippen MR) is 203 cm³/mol. The number of halogens is 7. The lowest BCUT2D eigenvalue weighted by atomic mass is 9.90. The highest BCUT2D eigenvalue weighted by molar-refractivity contribution is 9.10. The zero-order chi connectivity index (χ0) is 41.5. The van der Waals surface area contributed by atoms with E-state index in [1.54, 1.807) is 36.4 Å². The van der Waals surface area contributed by atoms with Gasteiger partial charge in [-0.2, -0.15) is 0 Å². The molecule has 7 rings (SSSR count). The minimum Gasteiger partial charge on any atom is -0.497 e. The van der Waals surface area contributed by atoms with E-state index in [4.69, 9.17) is 18.9 Å². The molecule has 0 aliphatic carbocycles. The Hall–Kier alpha value is -4.88. The standard InChI is InChI=1S/C39H31BrF6N2O8S2/c1-51-29-14-15-31(52-2)30(17-29)36(47(33(49)21-57-36)18-23-6-10-27(11-7-23)55-38(41,42)43)37(32-20-53-35(54-32)25-4-3-5-26(40)16-25)48(34(50)22-58-37)19-24-8-12-28(13-9-24)56-39(44,45)46/h3-17,20,35H,18-19,21-22H2,1-2H3. The lowest BCUT2D eigenvalue weighted by Gasteiger charge is -2.53. The number of methoxy groups -OCH3 is 2. The Balaban J connectivity index is 1.43. The van der Waals surface area contributed by atoms with Crippen LogP contribution in [0.15, 0.2) is 107 Å². The molecule has 3 aliphatic heterocycles. The number of rotatable bonds is 12. The van der Waals surface area contributed by atoms with E-state index in [1.165, 1.54) is 66.3 Å². The van der Waals surface area contributed by atoms with Crippen LogP contribution in [0.1, 0.15) is 28.5 Å². The monoisotopic (exact) mass is 912 g/mol. The van der Waals surface area contributed by atoms with Gasteiger partial charge in [0.2, 0.25) is 11.8 Å². The van der Waals surface area contributed by atoms with Crippen molar-refractivity contribution in [2.75, 3.05) is 25.7 Å². The molecule has 0 bridgehead atoms. The van der Waals surface area contributed by atoms with Gasteiger partial charge in [-0.1, -0.05) is 52.3 Å². The molecule has 4 aromatic rings. The Morgan fingerprint density at radius 3 is 1.78 bits per heavy atom. The Kier molecular flexibility index (Phi) is 11.4. The zero-order valence-electron chi connectivity index (χ0n) is 30.3. The summed E-state index contributed by atoms with van der Waals surface area (Å²) in [5.74, 6) is -1.25. The van der Waals surface area contributed by atoms with Gasteiger partial charge in [-0.15, -0.1) is 49.9 Å². The molecule has 2 fully saturated rings. The third-order valence-corrected chi connectivity index (χ3v) is 13.1. The van der Waals surface area contributed by atoms with Crippen LogP contribution >= 0.6 is 39.5 Å². The highest BCUT2D eigenvalue weighted by atomic mass is 79.9. The van der Waals surface area contributed by atoms with Gasteiger partial charge in [0.15, 0.2) is 15.5 Å². The number of amides is 2. The van der Waals surface area contributed by atoms with E-state index >= 15 is 0 Å². The summed E-state index contributed by atoms with van der Waals surface area (Å²) in [5.41, 5.74) is 1.81. The SMILES string of the molecule is COc1ccc(OC)c(C2(C3(C4=COC(c5cccc(Br)c5)O4)SCC(=O)N3Cc3ccc(OC(F)(F)F)cc3)SCC(=O)N2Cc2ccc(OC(F)(F)F)cc2)c1. The fourth-order valence-electron chi connectivity index (χ4n) is 7.02. The van der Waals surface area contributed by atoms with Crippen molar-refractivity contribution in [3.05, 3.63) is 130 Å². The van der Waals surface area contributed by atoms with Gasteiger partial charge < -0.3 is 38.2 Å². The largest absolute Gasteiger partial charge is 0.573 e. The van der Waals surface area contributed by atoms with Crippen molar-refractivity contribution in [3.63, 3.8) is 0 Å². The summed E-state index contributed by atoms with van der Waals surface area (Å²) in [6.07, 6.45) is -9.50. The number of carbonyl (C=O) groups excluding carboxylic acids is 2. The maximum absolute atomic E-state index is 14.5. The molecular formula is C39H31BrF6N2O8S2. The van der Waals surface area contributed by atoms with Crippen LogP contribution in [0.4, 0.5) is 26.3 Å². The summed E-state index contributed by atoms with van der Waals surface area (Å²) in [7, 11) is 2.89.